The van der Waals surface area contributed by atoms with Gasteiger partial charge in [0.05, 0.1) is 11.5 Å². The second-order valence-electron chi connectivity index (χ2n) is 4.54. The maximum atomic E-state index is 12.1. The summed E-state index contributed by atoms with van der Waals surface area (Å²) in [5.74, 6) is -0.396. The van der Waals surface area contributed by atoms with Crippen LogP contribution >= 0.6 is 0 Å². The molecule has 2 rings (SSSR count). The molecule has 0 saturated heterocycles. The normalized spacial score (nSPS) is 11.5. The molecule has 2 aromatic carbocycles. The molecule has 0 bridgehead atoms. The molecule has 0 amide bonds. The van der Waals surface area contributed by atoms with Crippen LogP contribution in [0.4, 0.5) is 11.4 Å². The van der Waals surface area contributed by atoms with E-state index in [4.69, 9.17) is 4.74 Å². The fourth-order valence-corrected chi connectivity index (χ4v) is 2.00. The van der Waals surface area contributed by atoms with Crippen molar-refractivity contribution in [1.82, 2.24) is 0 Å². The zero-order chi connectivity index (χ0) is 15.9. The predicted molar refractivity (Wildman–Crippen MR) is 82.5 cm³/mol. The number of nitro benzene ring substituents is 1. The summed E-state index contributed by atoms with van der Waals surface area (Å²) in [5.41, 5.74) is 1.37. The molecular weight excluding hydrogens is 284 g/mol. The molecule has 2 aromatic rings. The molecule has 114 valence electrons. The van der Waals surface area contributed by atoms with E-state index in [1.54, 1.807) is 19.1 Å². The van der Waals surface area contributed by atoms with Crippen LogP contribution in [0.3, 0.4) is 0 Å². The van der Waals surface area contributed by atoms with Gasteiger partial charge in [0.1, 0.15) is 0 Å². The van der Waals surface area contributed by atoms with E-state index >= 15 is 0 Å². The number of carbonyl (C=O) groups excluding carboxylic acids is 1. The summed E-state index contributed by atoms with van der Waals surface area (Å²) in [6, 6.07) is 14.4. The number of carbonyl (C=O) groups is 1. The Balaban J connectivity index is 2.22. The molecular formula is C16H16N2O4. The lowest BCUT2D eigenvalue weighted by molar-refractivity contribution is -0.384. The molecule has 0 radical (unpaired) electrons. The highest BCUT2D eigenvalue weighted by Crippen LogP contribution is 2.23. The molecule has 0 aliphatic carbocycles. The Morgan fingerprint density at radius 1 is 1.18 bits per heavy atom. The Morgan fingerprint density at radius 3 is 2.36 bits per heavy atom. The topological polar surface area (TPSA) is 81.5 Å². The van der Waals surface area contributed by atoms with E-state index < -0.39 is 16.9 Å². The van der Waals surface area contributed by atoms with Crippen LogP contribution in [-0.2, 0) is 9.53 Å². The van der Waals surface area contributed by atoms with E-state index in [2.05, 4.69) is 5.32 Å². The number of anilines is 1. The number of hydrogen-bond acceptors (Lipinski definition) is 5. The van der Waals surface area contributed by atoms with E-state index in [-0.39, 0.29) is 12.3 Å². The van der Waals surface area contributed by atoms with Crippen LogP contribution in [0.15, 0.2) is 54.6 Å². The number of benzene rings is 2. The van der Waals surface area contributed by atoms with E-state index in [9.17, 15) is 14.9 Å². The first-order chi connectivity index (χ1) is 10.6. The van der Waals surface area contributed by atoms with Gasteiger partial charge in [0.15, 0.2) is 6.04 Å². The highest BCUT2D eigenvalue weighted by molar-refractivity contribution is 5.81. The third kappa shape index (κ3) is 3.82. The zero-order valence-corrected chi connectivity index (χ0v) is 12.1. The quantitative estimate of drug-likeness (QED) is 0.503. The molecule has 0 saturated carbocycles. The van der Waals surface area contributed by atoms with Crippen molar-refractivity contribution in [1.29, 1.82) is 0 Å². The van der Waals surface area contributed by atoms with Crippen molar-refractivity contribution >= 4 is 17.3 Å². The van der Waals surface area contributed by atoms with Crippen molar-refractivity contribution in [3.63, 3.8) is 0 Å². The molecule has 0 aliphatic rings. The van der Waals surface area contributed by atoms with Crippen molar-refractivity contribution < 1.29 is 14.5 Å². The molecule has 0 heterocycles. The molecule has 1 atom stereocenters. The largest absolute Gasteiger partial charge is 0.464 e. The van der Waals surface area contributed by atoms with E-state index in [0.29, 0.717) is 5.69 Å². The zero-order valence-electron chi connectivity index (χ0n) is 12.1. The molecule has 6 nitrogen and oxygen atoms in total. The minimum Gasteiger partial charge on any atom is -0.464 e. The lowest BCUT2D eigenvalue weighted by Gasteiger charge is -2.18. The predicted octanol–water partition coefficient (Wildman–Crippen LogP) is 3.31. The van der Waals surface area contributed by atoms with Gasteiger partial charge < -0.3 is 10.1 Å². The van der Waals surface area contributed by atoms with E-state index in [1.165, 1.54) is 12.1 Å². The molecule has 22 heavy (non-hydrogen) atoms. The van der Waals surface area contributed by atoms with Crippen LogP contribution < -0.4 is 5.32 Å². The number of hydrogen-bond donors (Lipinski definition) is 1. The molecule has 0 unspecified atom stereocenters. The second kappa shape index (κ2) is 7.21. The minimum absolute atomic E-state index is 0.00190. The first-order valence-corrected chi connectivity index (χ1v) is 6.84. The molecule has 0 fully saturated rings. The standard InChI is InChI=1S/C16H16N2O4/c1-2-22-16(19)15(12-6-4-3-5-7-12)17-13-8-10-14(11-9-13)18(20)21/h3-11,15,17H,2H2,1H3/t15-/m0/s1. The lowest BCUT2D eigenvalue weighted by atomic mass is 10.1. The number of esters is 1. The number of rotatable bonds is 6. The Bertz CT molecular complexity index is 641. The minimum atomic E-state index is -0.664. The van der Waals surface area contributed by atoms with Gasteiger partial charge in [0.25, 0.3) is 5.69 Å². The first kappa shape index (κ1) is 15.5. The van der Waals surface area contributed by atoms with Gasteiger partial charge >= 0.3 is 5.97 Å². The SMILES string of the molecule is CCOC(=O)[C@@H](Nc1ccc([N+](=O)[O-])cc1)c1ccccc1. The second-order valence-corrected chi connectivity index (χ2v) is 4.54. The Hall–Kier alpha value is -2.89. The van der Waals surface area contributed by atoms with Crippen molar-refractivity contribution in [2.75, 3.05) is 11.9 Å². The van der Waals surface area contributed by atoms with Crippen molar-refractivity contribution in [2.24, 2.45) is 0 Å². The summed E-state index contributed by atoms with van der Waals surface area (Å²) < 4.78 is 5.08. The van der Waals surface area contributed by atoms with Gasteiger partial charge in [-0.15, -0.1) is 0 Å². The summed E-state index contributed by atoms with van der Waals surface area (Å²) in [6.07, 6.45) is 0. The van der Waals surface area contributed by atoms with Gasteiger partial charge in [-0.05, 0) is 24.6 Å². The lowest BCUT2D eigenvalue weighted by Crippen LogP contribution is -2.23. The van der Waals surface area contributed by atoms with Crippen LogP contribution in [-0.4, -0.2) is 17.5 Å². The molecule has 0 aromatic heterocycles. The highest BCUT2D eigenvalue weighted by atomic mass is 16.6. The van der Waals surface area contributed by atoms with Crippen LogP contribution in [0.25, 0.3) is 0 Å². The van der Waals surface area contributed by atoms with Gasteiger partial charge in [-0.1, -0.05) is 30.3 Å². The average Bonchev–Trinajstić information content (AvgIpc) is 2.54. The van der Waals surface area contributed by atoms with Crippen LogP contribution in [0, 0.1) is 10.1 Å². The maximum absolute atomic E-state index is 12.1. The Labute approximate surface area is 127 Å². The fraction of sp³-hybridized carbons (Fsp3) is 0.188. The third-order valence-corrected chi connectivity index (χ3v) is 3.04. The summed E-state index contributed by atoms with van der Waals surface area (Å²) in [7, 11) is 0. The number of nitro groups is 1. The van der Waals surface area contributed by atoms with Crippen molar-refractivity contribution in [2.45, 2.75) is 13.0 Å². The molecule has 0 spiro atoms. The summed E-state index contributed by atoms with van der Waals surface area (Å²) >= 11 is 0. The van der Waals surface area contributed by atoms with Gasteiger partial charge in [0, 0.05) is 17.8 Å². The van der Waals surface area contributed by atoms with Crippen molar-refractivity contribution in [3.8, 4) is 0 Å². The Kier molecular flexibility index (Phi) is 5.08. The van der Waals surface area contributed by atoms with Gasteiger partial charge in [-0.25, -0.2) is 4.79 Å². The van der Waals surface area contributed by atoms with Crippen LogP contribution in [0.2, 0.25) is 0 Å². The Morgan fingerprint density at radius 2 is 1.82 bits per heavy atom. The first-order valence-electron chi connectivity index (χ1n) is 6.84. The fourth-order valence-electron chi connectivity index (χ4n) is 2.00. The smallest absolute Gasteiger partial charge is 0.333 e. The third-order valence-electron chi connectivity index (χ3n) is 3.04. The van der Waals surface area contributed by atoms with Gasteiger partial charge in [-0.2, -0.15) is 0 Å². The summed E-state index contributed by atoms with van der Waals surface area (Å²) in [4.78, 5) is 22.3. The number of non-ortho nitro benzene ring substituents is 1. The monoisotopic (exact) mass is 300 g/mol. The van der Waals surface area contributed by atoms with E-state index in [1.807, 2.05) is 30.3 Å². The van der Waals surface area contributed by atoms with Gasteiger partial charge in [-0.3, -0.25) is 10.1 Å². The van der Waals surface area contributed by atoms with Gasteiger partial charge in [0.2, 0.25) is 0 Å². The molecule has 1 N–H and O–H groups in total. The summed E-state index contributed by atoms with van der Waals surface area (Å²) in [6.45, 7) is 2.02. The van der Waals surface area contributed by atoms with Crippen LogP contribution in [0.1, 0.15) is 18.5 Å². The number of nitrogens with zero attached hydrogens (tertiary/aromatic N) is 1. The summed E-state index contributed by atoms with van der Waals surface area (Å²) in [5, 5.41) is 13.7. The maximum Gasteiger partial charge on any atom is 0.333 e. The number of nitrogens with one attached hydrogen (secondary N) is 1. The van der Waals surface area contributed by atoms with E-state index in [0.717, 1.165) is 5.56 Å². The molecule has 6 heteroatoms. The number of ether oxygens (including phenoxy) is 1. The average molecular weight is 300 g/mol. The van der Waals surface area contributed by atoms with Crippen LogP contribution in [0.5, 0.6) is 0 Å². The van der Waals surface area contributed by atoms with Crippen molar-refractivity contribution in [3.05, 3.63) is 70.3 Å². The molecule has 0 aliphatic heterocycles. The highest BCUT2D eigenvalue weighted by Gasteiger charge is 2.21.